The Bertz CT molecular complexity index is 1010. The number of ether oxygens (including phenoxy) is 2. The average Bonchev–Trinajstić information content (AvgIpc) is 3.22. The standard InChI is InChI=1S/C22H20F3N3O3/c23-22(24,25)15-6-8-20(26-12-15)31-17-10-11-28(13-17)19-7-9-21(27-18(19)14-29)30-16-4-2-1-3-5-16/h1-9,12,17,29H,10-11,13-14H2/t17-/m0/s1. The Morgan fingerprint density at radius 1 is 1.03 bits per heavy atom. The Labute approximate surface area is 176 Å². The van der Waals surface area contributed by atoms with E-state index in [9.17, 15) is 18.3 Å². The molecular formula is C22H20F3N3O3. The summed E-state index contributed by atoms with van der Waals surface area (Å²) in [6, 6.07) is 14.9. The monoisotopic (exact) mass is 431 g/mol. The second-order valence-electron chi connectivity index (χ2n) is 7.05. The molecule has 162 valence electrons. The number of pyridine rings is 2. The van der Waals surface area contributed by atoms with Gasteiger partial charge in [-0.05, 0) is 24.3 Å². The average molecular weight is 431 g/mol. The maximum Gasteiger partial charge on any atom is 0.417 e. The molecule has 0 aliphatic carbocycles. The summed E-state index contributed by atoms with van der Waals surface area (Å²) in [7, 11) is 0. The van der Waals surface area contributed by atoms with Crippen LogP contribution in [0.2, 0.25) is 0 Å². The lowest BCUT2D eigenvalue weighted by Crippen LogP contribution is -2.26. The van der Waals surface area contributed by atoms with Crippen molar-refractivity contribution in [3.8, 4) is 17.5 Å². The van der Waals surface area contributed by atoms with E-state index >= 15 is 0 Å². The van der Waals surface area contributed by atoms with Crippen LogP contribution in [-0.2, 0) is 12.8 Å². The molecule has 1 N–H and O–H groups in total. The highest BCUT2D eigenvalue weighted by Gasteiger charge is 2.31. The van der Waals surface area contributed by atoms with E-state index in [1.54, 1.807) is 6.07 Å². The van der Waals surface area contributed by atoms with Gasteiger partial charge in [-0.25, -0.2) is 9.97 Å². The van der Waals surface area contributed by atoms with Crippen LogP contribution >= 0.6 is 0 Å². The van der Waals surface area contributed by atoms with Gasteiger partial charge in [-0.3, -0.25) is 0 Å². The van der Waals surface area contributed by atoms with Crippen LogP contribution in [0.3, 0.4) is 0 Å². The first kappa shape index (κ1) is 20.9. The van der Waals surface area contributed by atoms with Crippen molar-refractivity contribution in [2.45, 2.75) is 25.3 Å². The molecule has 0 radical (unpaired) electrons. The Balaban J connectivity index is 1.41. The smallest absolute Gasteiger partial charge is 0.417 e. The van der Waals surface area contributed by atoms with Crippen LogP contribution in [0, 0.1) is 0 Å². The number of benzene rings is 1. The Hall–Kier alpha value is -3.33. The fourth-order valence-electron chi connectivity index (χ4n) is 3.38. The molecule has 0 bridgehead atoms. The highest BCUT2D eigenvalue weighted by molar-refractivity contribution is 5.53. The van der Waals surface area contributed by atoms with Gasteiger partial charge in [0.2, 0.25) is 11.8 Å². The van der Waals surface area contributed by atoms with Crippen LogP contribution in [0.4, 0.5) is 18.9 Å². The van der Waals surface area contributed by atoms with Gasteiger partial charge in [-0.2, -0.15) is 13.2 Å². The molecule has 3 heterocycles. The molecule has 6 nitrogen and oxygen atoms in total. The summed E-state index contributed by atoms with van der Waals surface area (Å²) in [4.78, 5) is 10.2. The summed E-state index contributed by atoms with van der Waals surface area (Å²) in [5, 5.41) is 9.78. The first-order valence-corrected chi connectivity index (χ1v) is 9.71. The maximum absolute atomic E-state index is 12.7. The van der Waals surface area contributed by atoms with E-state index in [-0.39, 0.29) is 18.6 Å². The Kier molecular flexibility index (Phi) is 5.94. The van der Waals surface area contributed by atoms with E-state index in [0.29, 0.717) is 36.8 Å². The van der Waals surface area contributed by atoms with E-state index in [0.717, 1.165) is 18.0 Å². The highest BCUT2D eigenvalue weighted by atomic mass is 19.4. The molecule has 0 unspecified atom stereocenters. The molecule has 0 amide bonds. The number of nitrogens with zero attached hydrogens (tertiary/aromatic N) is 3. The molecule has 1 aliphatic rings. The van der Waals surface area contributed by atoms with Crippen molar-refractivity contribution in [3.05, 3.63) is 72.1 Å². The third-order valence-electron chi connectivity index (χ3n) is 4.88. The summed E-state index contributed by atoms with van der Waals surface area (Å²) < 4.78 is 49.4. The molecule has 1 aromatic carbocycles. The van der Waals surface area contributed by atoms with Crippen molar-refractivity contribution < 1.29 is 27.8 Å². The van der Waals surface area contributed by atoms with Gasteiger partial charge in [-0.1, -0.05) is 18.2 Å². The molecule has 4 rings (SSSR count). The van der Waals surface area contributed by atoms with E-state index in [2.05, 4.69) is 9.97 Å². The topological polar surface area (TPSA) is 67.7 Å². The van der Waals surface area contributed by atoms with Gasteiger partial charge >= 0.3 is 6.18 Å². The van der Waals surface area contributed by atoms with Gasteiger partial charge < -0.3 is 19.5 Å². The molecule has 0 spiro atoms. The molecule has 1 fully saturated rings. The lowest BCUT2D eigenvalue weighted by Gasteiger charge is -2.21. The van der Waals surface area contributed by atoms with Crippen LogP contribution in [0.15, 0.2) is 60.8 Å². The van der Waals surface area contributed by atoms with Crippen LogP contribution < -0.4 is 14.4 Å². The van der Waals surface area contributed by atoms with Gasteiger partial charge in [0.15, 0.2) is 0 Å². The van der Waals surface area contributed by atoms with E-state index in [1.807, 2.05) is 41.3 Å². The number of halogens is 3. The molecule has 0 saturated carbocycles. The van der Waals surface area contributed by atoms with Gasteiger partial charge in [0.05, 0.1) is 30.1 Å². The number of hydrogen-bond donors (Lipinski definition) is 1. The molecule has 1 saturated heterocycles. The largest absolute Gasteiger partial charge is 0.472 e. The minimum Gasteiger partial charge on any atom is -0.472 e. The second kappa shape index (κ2) is 8.81. The van der Waals surface area contributed by atoms with Crippen LogP contribution in [0.1, 0.15) is 17.7 Å². The van der Waals surface area contributed by atoms with E-state index in [4.69, 9.17) is 9.47 Å². The number of aromatic nitrogens is 2. The first-order valence-electron chi connectivity index (χ1n) is 9.71. The molecule has 1 atom stereocenters. The summed E-state index contributed by atoms with van der Waals surface area (Å²) in [6.45, 7) is 0.888. The molecular weight excluding hydrogens is 411 g/mol. The zero-order valence-electron chi connectivity index (χ0n) is 16.4. The van der Waals surface area contributed by atoms with Crippen molar-refractivity contribution in [3.63, 3.8) is 0 Å². The van der Waals surface area contributed by atoms with Crippen molar-refractivity contribution in [2.24, 2.45) is 0 Å². The molecule has 3 aromatic rings. The zero-order chi connectivity index (χ0) is 21.8. The molecule has 9 heteroatoms. The van der Waals surface area contributed by atoms with Crippen LogP contribution in [0.25, 0.3) is 0 Å². The van der Waals surface area contributed by atoms with Crippen molar-refractivity contribution in [2.75, 3.05) is 18.0 Å². The summed E-state index contributed by atoms with van der Waals surface area (Å²) >= 11 is 0. The first-order chi connectivity index (χ1) is 14.9. The number of hydrogen-bond acceptors (Lipinski definition) is 6. The van der Waals surface area contributed by atoms with E-state index < -0.39 is 11.7 Å². The third-order valence-corrected chi connectivity index (χ3v) is 4.88. The third kappa shape index (κ3) is 5.05. The maximum atomic E-state index is 12.7. The van der Waals surface area contributed by atoms with Crippen LogP contribution in [0.5, 0.6) is 17.5 Å². The Morgan fingerprint density at radius 3 is 2.48 bits per heavy atom. The van der Waals surface area contributed by atoms with Gasteiger partial charge in [0.1, 0.15) is 11.9 Å². The summed E-state index contributed by atoms with van der Waals surface area (Å²) in [5.74, 6) is 1.16. The lowest BCUT2D eigenvalue weighted by atomic mass is 10.2. The molecule has 1 aliphatic heterocycles. The number of rotatable bonds is 6. The van der Waals surface area contributed by atoms with Crippen molar-refractivity contribution in [1.29, 1.82) is 0 Å². The summed E-state index contributed by atoms with van der Waals surface area (Å²) in [5.41, 5.74) is 0.417. The number of para-hydroxylation sites is 1. The predicted molar refractivity (Wildman–Crippen MR) is 107 cm³/mol. The fraction of sp³-hybridized carbons (Fsp3) is 0.273. The lowest BCUT2D eigenvalue weighted by molar-refractivity contribution is -0.137. The SMILES string of the molecule is OCc1nc(Oc2ccccc2)ccc1N1CC[C@H](Oc2ccc(C(F)(F)F)cn2)C1. The van der Waals surface area contributed by atoms with Crippen molar-refractivity contribution >= 4 is 5.69 Å². The predicted octanol–water partition coefficient (Wildman–Crippen LogP) is 4.44. The number of anilines is 1. The highest BCUT2D eigenvalue weighted by Crippen LogP contribution is 2.31. The van der Waals surface area contributed by atoms with Gasteiger partial charge in [0.25, 0.3) is 0 Å². The zero-order valence-corrected chi connectivity index (χ0v) is 16.4. The molecule has 31 heavy (non-hydrogen) atoms. The normalized spacial score (nSPS) is 16.4. The van der Waals surface area contributed by atoms with E-state index in [1.165, 1.54) is 6.07 Å². The van der Waals surface area contributed by atoms with Crippen LogP contribution in [-0.4, -0.2) is 34.3 Å². The number of aliphatic hydroxyl groups is 1. The van der Waals surface area contributed by atoms with Crippen molar-refractivity contribution in [1.82, 2.24) is 9.97 Å². The Morgan fingerprint density at radius 2 is 1.81 bits per heavy atom. The molecule has 2 aromatic heterocycles. The minimum absolute atomic E-state index is 0.145. The fourth-order valence-corrected chi connectivity index (χ4v) is 3.38. The van der Waals surface area contributed by atoms with Gasteiger partial charge in [-0.15, -0.1) is 0 Å². The number of alkyl halides is 3. The summed E-state index contributed by atoms with van der Waals surface area (Å²) in [6.07, 6.45) is -3.24. The van der Waals surface area contributed by atoms with Gasteiger partial charge in [0, 0.05) is 31.3 Å². The minimum atomic E-state index is -4.43. The second-order valence-corrected chi connectivity index (χ2v) is 7.05. The quantitative estimate of drug-likeness (QED) is 0.623. The number of aliphatic hydroxyl groups excluding tert-OH is 1.